The molecule has 0 amide bonds. The molecule has 15 heavy (non-hydrogen) atoms. The summed E-state index contributed by atoms with van der Waals surface area (Å²) in [6, 6.07) is 0. The van der Waals surface area contributed by atoms with Crippen LogP contribution in [0.1, 0.15) is 47.4 Å². The molecule has 4 heteroatoms. The van der Waals surface area contributed by atoms with Crippen molar-refractivity contribution >= 4 is 0 Å². The Morgan fingerprint density at radius 2 is 1.80 bits per heavy atom. The van der Waals surface area contributed by atoms with E-state index < -0.39 is 0 Å². The van der Waals surface area contributed by atoms with Gasteiger partial charge in [0.05, 0.1) is 5.60 Å². The molecule has 0 N–H and O–H groups in total. The van der Waals surface area contributed by atoms with Gasteiger partial charge in [-0.05, 0) is 41.5 Å². The van der Waals surface area contributed by atoms with E-state index in [0.29, 0.717) is 6.61 Å². The predicted molar refractivity (Wildman–Crippen MR) is 59.6 cm³/mol. The van der Waals surface area contributed by atoms with Gasteiger partial charge in [-0.1, -0.05) is 0 Å². The van der Waals surface area contributed by atoms with Gasteiger partial charge in [-0.15, -0.1) is 10.2 Å². The molecular formula is C11H21N3O. The van der Waals surface area contributed by atoms with Crippen molar-refractivity contribution in [3.05, 3.63) is 12.2 Å². The Morgan fingerprint density at radius 1 is 1.20 bits per heavy atom. The van der Waals surface area contributed by atoms with Crippen molar-refractivity contribution in [1.29, 1.82) is 0 Å². The lowest BCUT2D eigenvalue weighted by Gasteiger charge is -2.24. The standard InChI is InChI=1S/C11H21N3O/c1-10(2,3)14-8-12-13-9(14)7-15-11(4,5)6/h8H,7H2,1-6H3. The van der Waals surface area contributed by atoms with Crippen molar-refractivity contribution in [2.45, 2.75) is 59.3 Å². The second-order valence-electron chi connectivity index (χ2n) is 5.69. The summed E-state index contributed by atoms with van der Waals surface area (Å²) in [4.78, 5) is 0. The van der Waals surface area contributed by atoms with Crippen LogP contribution in [0.25, 0.3) is 0 Å². The van der Waals surface area contributed by atoms with Gasteiger partial charge in [-0.25, -0.2) is 0 Å². The van der Waals surface area contributed by atoms with Gasteiger partial charge >= 0.3 is 0 Å². The summed E-state index contributed by atoms with van der Waals surface area (Å²) in [6.07, 6.45) is 1.75. The van der Waals surface area contributed by atoms with Crippen LogP contribution in [0.4, 0.5) is 0 Å². The van der Waals surface area contributed by atoms with Gasteiger partial charge in [-0.2, -0.15) is 0 Å². The molecule has 0 saturated carbocycles. The quantitative estimate of drug-likeness (QED) is 0.754. The Kier molecular flexibility index (Phi) is 3.19. The zero-order valence-electron chi connectivity index (χ0n) is 10.5. The first-order chi connectivity index (χ1) is 6.70. The van der Waals surface area contributed by atoms with E-state index in [9.17, 15) is 0 Å². The highest BCUT2D eigenvalue weighted by Gasteiger charge is 2.19. The summed E-state index contributed by atoms with van der Waals surface area (Å²) in [7, 11) is 0. The van der Waals surface area contributed by atoms with Crippen LogP contribution in [0.5, 0.6) is 0 Å². The second-order valence-corrected chi connectivity index (χ2v) is 5.69. The SMILES string of the molecule is CC(C)(C)OCc1nncn1C(C)(C)C. The maximum atomic E-state index is 5.69. The maximum Gasteiger partial charge on any atom is 0.159 e. The van der Waals surface area contributed by atoms with Gasteiger partial charge in [0, 0.05) is 5.54 Å². The van der Waals surface area contributed by atoms with Gasteiger partial charge in [0.2, 0.25) is 0 Å². The number of nitrogens with zero attached hydrogens (tertiary/aromatic N) is 3. The molecule has 4 nitrogen and oxygen atoms in total. The van der Waals surface area contributed by atoms with E-state index >= 15 is 0 Å². The van der Waals surface area contributed by atoms with Crippen molar-refractivity contribution in [1.82, 2.24) is 14.8 Å². The van der Waals surface area contributed by atoms with E-state index in [-0.39, 0.29) is 11.1 Å². The third-order valence-corrected chi connectivity index (χ3v) is 1.98. The Balaban J connectivity index is 2.75. The van der Waals surface area contributed by atoms with Crippen molar-refractivity contribution in [3.63, 3.8) is 0 Å². The highest BCUT2D eigenvalue weighted by atomic mass is 16.5. The first kappa shape index (κ1) is 12.2. The fraction of sp³-hybridized carbons (Fsp3) is 0.818. The lowest BCUT2D eigenvalue weighted by atomic mass is 10.1. The van der Waals surface area contributed by atoms with Gasteiger partial charge in [-0.3, -0.25) is 0 Å². The number of rotatable bonds is 2. The normalized spacial score (nSPS) is 13.2. The molecule has 1 aromatic heterocycles. The van der Waals surface area contributed by atoms with E-state index in [1.165, 1.54) is 0 Å². The second kappa shape index (κ2) is 3.93. The van der Waals surface area contributed by atoms with E-state index in [2.05, 4.69) is 31.0 Å². The van der Waals surface area contributed by atoms with E-state index in [1.807, 2.05) is 25.3 Å². The molecule has 0 aliphatic rings. The highest BCUT2D eigenvalue weighted by Crippen LogP contribution is 2.17. The van der Waals surface area contributed by atoms with Crippen LogP contribution in [-0.4, -0.2) is 20.4 Å². The summed E-state index contributed by atoms with van der Waals surface area (Å²) in [6.45, 7) is 13.0. The molecule has 1 heterocycles. The molecule has 0 unspecified atom stereocenters. The lowest BCUT2D eigenvalue weighted by molar-refractivity contribution is -0.0205. The Hall–Kier alpha value is -0.900. The molecule has 86 valence electrons. The first-order valence-corrected chi connectivity index (χ1v) is 5.23. The molecule has 0 atom stereocenters. The molecule has 1 rings (SSSR count). The van der Waals surface area contributed by atoms with E-state index in [1.54, 1.807) is 6.33 Å². The van der Waals surface area contributed by atoms with Crippen LogP contribution in [0.3, 0.4) is 0 Å². The zero-order chi connectivity index (χ0) is 11.7. The molecule has 0 fully saturated rings. The van der Waals surface area contributed by atoms with Gasteiger partial charge in [0.25, 0.3) is 0 Å². The molecule has 0 spiro atoms. The van der Waals surface area contributed by atoms with Gasteiger partial charge in [0.1, 0.15) is 12.9 Å². The fourth-order valence-electron chi connectivity index (χ4n) is 1.20. The molecule has 0 aromatic carbocycles. The lowest BCUT2D eigenvalue weighted by Crippen LogP contribution is -2.26. The zero-order valence-corrected chi connectivity index (χ0v) is 10.5. The summed E-state index contributed by atoms with van der Waals surface area (Å²) in [5.41, 5.74) is -0.144. The number of ether oxygens (including phenoxy) is 1. The van der Waals surface area contributed by atoms with Crippen LogP contribution in [0.15, 0.2) is 6.33 Å². The summed E-state index contributed by atoms with van der Waals surface area (Å²) in [5, 5.41) is 8.00. The number of hydrogen-bond acceptors (Lipinski definition) is 3. The van der Waals surface area contributed by atoms with Crippen LogP contribution in [0.2, 0.25) is 0 Å². The Bertz CT molecular complexity index is 317. The third-order valence-electron chi connectivity index (χ3n) is 1.98. The minimum absolute atomic E-state index is 0.0000770. The van der Waals surface area contributed by atoms with Gasteiger partial charge < -0.3 is 9.30 Å². The average molecular weight is 211 g/mol. The number of hydrogen-bond donors (Lipinski definition) is 0. The summed E-state index contributed by atoms with van der Waals surface area (Å²) in [5.74, 6) is 0.873. The van der Waals surface area contributed by atoms with Crippen LogP contribution in [0, 0.1) is 0 Å². The molecule has 0 aliphatic carbocycles. The van der Waals surface area contributed by atoms with Crippen LogP contribution >= 0.6 is 0 Å². The van der Waals surface area contributed by atoms with Crippen molar-refractivity contribution in [2.75, 3.05) is 0 Å². The molecular weight excluding hydrogens is 190 g/mol. The number of aromatic nitrogens is 3. The summed E-state index contributed by atoms with van der Waals surface area (Å²) < 4.78 is 7.73. The minimum Gasteiger partial charge on any atom is -0.368 e. The van der Waals surface area contributed by atoms with E-state index in [0.717, 1.165) is 5.82 Å². The van der Waals surface area contributed by atoms with Crippen molar-refractivity contribution in [2.24, 2.45) is 0 Å². The highest BCUT2D eigenvalue weighted by molar-refractivity contribution is 4.90. The van der Waals surface area contributed by atoms with Crippen LogP contribution < -0.4 is 0 Å². The minimum atomic E-state index is -0.144. The molecule has 0 radical (unpaired) electrons. The Morgan fingerprint density at radius 3 is 2.27 bits per heavy atom. The monoisotopic (exact) mass is 211 g/mol. The largest absolute Gasteiger partial charge is 0.368 e. The molecule has 0 aliphatic heterocycles. The van der Waals surface area contributed by atoms with E-state index in [4.69, 9.17) is 4.74 Å². The smallest absolute Gasteiger partial charge is 0.159 e. The van der Waals surface area contributed by atoms with Crippen molar-refractivity contribution < 1.29 is 4.74 Å². The first-order valence-electron chi connectivity index (χ1n) is 5.23. The third kappa shape index (κ3) is 3.63. The molecule has 1 aromatic rings. The topological polar surface area (TPSA) is 39.9 Å². The van der Waals surface area contributed by atoms with Crippen molar-refractivity contribution in [3.8, 4) is 0 Å². The predicted octanol–water partition coefficient (Wildman–Crippen LogP) is 2.35. The van der Waals surface area contributed by atoms with Gasteiger partial charge in [0.15, 0.2) is 5.82 Å². The average Bonchev–Trinajstić information content (AvgIpc) is 2.45. The summed E-state index contributed by atoms with van der Waals surface area (Å²) >= 11 is 0. The fourth-order valence-corrected chi connectivity index (χ4v) is 1.20. The molecule has 0 saturated heterocycles. The molecule has 0 bridgehead atoms. The maximum absolute atomic E-state index is 5.69. The Labute approximate surface area is 91.7 Å². The van der Waals surface area contributed by atoms with Crippen LogP contribution in [-0.2, 0) is 16.9 Å².